The standard InChI is InChI=1S/C21H24N4O5S/c1-15(26)25-19-6-5-18(31(28,29)24-8-10-30-11-9-24)12-16(19)13-20(25)21(27)23-14-17-4-2-3-7-22-17/h2-7,12,20H,8-11,13-14H2,1H3,(H,23,27)/t20-/m1/s1. The Labute approximate surface area is 181 Å². The highest BCUT2D eigenvalue weighted by Crippen LogP contribution is 2.35. The van der Waals surface area contributed by atoms with Crippen molar-refractivity contribution in [3.63, 3.8) is 0 Å². The Balaban J connectivity index is 1.55. The molecule has 1 N–H and O–H groups in total. The van der Waals surface area contributed by atoms with Gasteiger partial charge in [-0.1, -0.05) is 6.07 Å². The first-order valence-corrected chi connectivity index (χ1v) is 11.5. The van der Waals surface area contributed by atoms with E-state index in [0.717, 1.165) is 0 Å². The van der Waals surface area contributed by atoms with Crippen molar-refractivity contribution in [3.8, 4) is 0 Å². The summed E-state index contributed by atoms with van der Waals surface area (Å²) in [4.78, 5) is 30.9. The fourth-order valence-corrected chi connectivity index (χ4v) is 5.38. The summed E-state index contributed by atoms with van der Waals surface area (Å²) in [6.45, 7) is 2.97. The van der Waals surface area contributed by atoms with Crippen LogP contribution in [0.1, 0.15) is 18.2 Å². The first-order chi connectivity index (χ1) is 14.9. The Morgan fingerprint density at radius 3 is 2.65 bits per heavy atom. The third kappa shape index (κ3) is 4.32. The molecule has 1 aromatic carbocycles. The Hall–Kier alpha value is -2.82. The van der Waals surface area contributed by atoms with Crippen LogP contribution in [0.5, 0.6) is 0 Å². The predicted molar refractivity (Wildman–Crippen MR) is 113 cm³/mol. The minimum Gasteiger partial charge on any atom is -0.379 e. The van der Waals surface area contributed by atoms with Crippen LogP contribution in [0.25, 0.3) is 0 Å². The number of benzene rings is 1. The van der Waals surface area contributed by atoms with Gasteiger partial charge in [0.2, 0.25) is 21.8 Å². The highest BCUT2D eigenvalue weighted by Gasteiger charge is 2.38. The molecule has 0 radical (unpaired) electrons. The summed E-state index contributed by atoms with van der Waals surface area (Å²) < 4.78 is 32.6. The summed E-state index contributed by atoms with van der Waals surface area (Å²) in [5.74, 6) is -0.588. The van der Waals surface area contributed by atoms with Crippen LogP contribution in [0.2, 0.25) is 0 Å². The maximum Gasteiger partial charge on any atom is 0.243 e. The van der Waals surface area contributed by atoms with Crippen LogP contribution in [0.15, 0.2) is 47.5 Å². The number of sulfonamides is 1. The van der Waals surface area contributed by atoms with E-state index in [9.17, 15) is 18.0 Å². The van der Waals surface area contributed by atoms with Gasteiger partial charge in [-0.2, -0.15) is 4.31 Å². The quantitative estimate of drug-likeness (QED) is 0.727. The minimum absolute atomic E-state index is 0.159. The normalized spacial score (nSPS) is 19.1. The Bertz CT molecular complexity index is 1080. The number of anilines is 1. The number of hydrogen-bond donors (Lipinski definition) is 1. The van der Waals surface area contributed by atoms with Crippen molar-refractivity contribution in [2.75, 3.05) is 31.2 Å². The predicted octanol–water partition coefficient (Wildman–Crippen LogP) is 0.697. The van der Waals surface area contributed by atoms with E-state index >= 15 is 0 Å². The second kappa shape index (κ2) is 8.74. The molecule has 1 aromatic heterocycles. The lowest BCUT2D eigenvalue weighted by Gasteiger charge is -2.26. The molecule has 0 bridgehead atoms. The van der Waals surface area contributed by atoms with E-state index in [1.165, 1.54) is 22.2 Å². The molecule has 0 saturated carbocycles. The molecule has 2 amide bonds. The van der Waals surface area contributed by atoms with Crippen LogP contribution in [-0.2, 0) is 37.3 Å². The van der Waals surface area contributed by atoms with Gasteiger partial charge in [-0.05, 0) is 35.9 Å². The van der Waals surface area contributed by atoms with Gasteiger partial charge in [0, 0.05) is 38.3 Å². The van der Waals surface area contributed by atoms with E-state index in [4.69, 9.17) is 4.74 Å². The summed E-state index contributed by atoms with van der Waals surface area (Å²) >= 11 is 0. The molecular weight excluding hydrogens is 420 g/mol. The van der Waals surface area contributed by atoms with Crippen LogP contribution in [0.3, 0.4) is 0 Å². The number of rotatable bonds is 5. The van der Waals surface area contributed by atoms with Crippen molar-refractivity contribution in [3.05, 3.63) is 53.9 Å². The van der Waals surface area contributed by atoms with Crippen molar-refractivity contribution < 1.29 is 22.7 Å². The summed E-state index contributed by atoms with van der Waals surface area (Å²) in [5, 5.41) is 2.82. The van der Waals surface area contributed by atoms with Crippen LogP contribution in [0.4, 0.5) is 5.69 Å². The first kappa shape index (κ1) is 21.4. The second-order valence-corrected chi connectivity index (χ2v) is 9.39. The molecule has 2 aliphatic heterocycles. The summed E-state index contributed by atoms with van der Waals surface area (Å²) in [6, 6.07) is 9.36. The van der Waals surface area contributed by atoms with E-state index in [1.54, 1.807) is 30.5 Å². The van der Waals surface area contributed by atoms with Crippen LogP contribution < -0.4 is 10.2 Å². The van der Waals surface area contributed by atoms with Crippen molar-refractivity contribution in [1.82, 2.24) is 14.6 Å². The Kier molecular flexibility index (Phi) is 6.03. The molecule has 0 unspecified atom stereocenters. The number of nitrogens with one attached hydrogen (secondary N) is 1. The zero-order chi connectivity index (χ0) is 22.0. The molecule has 2 aliphatic rings. The molecule has 1 atom stereocenters. The van der Waals surface area contributed by atoms with Crippen LogP contribution in [0, 0.1) is 0 Å². The number of hydrogen-bond acceptors (Lipinski definition) is 6. The van der Waals surface area contributed by atoms with Gasteiger partial charge in [0.1, 0.15) is 6.04 Å². The number of ether oxygens (including phenoxy) is 1. The zero-order valence-electron chi connectivity index (χ0n) is 17.2. The monoisotopic (exact) mass is 444 g/mol. The number of amides is 2. The van der Waals surface area contributed by atoms with Gasteiger partial charge in [0.25, 0.3) is 0 Å². The van der Waals surface area contributed by atoms with Gasteiger partial charge in [-0.15, -0.1) is 0 Å². The molecule has 4 rings (SSSR count). The van der Waals surface area contributed by atoms with Crippen molar-refractivity contribution in [1.29, 1.82) is 0 Å². The zero-order valence-corrected chi connectivity index (χ0v) is 18.0. The van der Waals surface area contributed by atoms with Gasteiger partial charge in [0.15, 0.2) is 0 Å². The Morgan fingerprint density at radius 2 is 1.97 bits per heavy atom. The third-order valence-electron chi connectivity index (χ3n) is 5.46. The molecule has 164 valence electrons. The highest BCUT2D eigenvalue weighted by atomic mass is 32.2. The molecule has 2 aromatic rings. The summed E-state index contributed by atoms with van der Waals surface area (Å²) in [7, 11) is -3.66. The van der Waals surface area contributed by atoms with Crippen molar-refractivity contribution >= 4 is 27.5 Å². The van der Waals surface area contributed by atoms with E-state index in [2.05, 4.69) is 10.3 Å². The van der Waals surface area contributed by atoms with E-state index < -0.39 is 16.1 Å². The van der Waals surface area contributed by atoms with Gasteiger partial charge in [-0.25, -0.2) is 8.42 Å². The number of morpholine rings is 1. The molecule has 0 spiro atoms. The molecular formula is C21H24N4O5S. The lowest BCUT2D eigenvalue weighted by Crippen LogP contribution is -2.47. The molecule has 10 heteroatoms. The number of fused-ring (bicyclic) bond motifs is 1. The maximum atomic E-state index is 13.0. The molecule has 31 heavy (non-hydrogen) atoms. The molecule has 0 aliphatic carbocycles. The molecule has 1 fully saturated rings. The largest absolute Gasteiger partial charge is 0.379 e. The fraction of sp³-hybridized carbons (Fsp3) is 0.381. The third-order valence-corrected chi connectivity index (χ3v) is 7.35. The number of carbonyl (C=O) groups is 2. The first-order valence-electron chi connectivity index (χ1n) is 10.1. The number of nitrogens with zero attached hydrogens (tertiary/aromatic N) is 3. The lowest BCUT2D eigenvalue weighted by atomic mass is 10.1. The summed E-state index contributed by atoms with van der Waals surface area (Å²) in [5.41, 5.74) is 1.92. The highest BCUT2D eigenvalue weighted by molar-refractivity contribution is 7.89. The van der Waals surface area contributed by atoms with E-state index in [-0.39, 0.29) is 29.7 Å². The Morgan fingerprint density at radius 1 is 1.19 bits per heavy atom. The maximum absolute atomic E-state index is 13.0. The van der Waals surface area contributed by atoms with Gasteiger partial charge < -0.3 is 10.1 Å². The number of carbonyl (C=O) groups excluding carboxylic acids is 2. The van der Waals surface area contributed by atoms with Crippen LogP contribution >= 0.6 is 0 Å². The average molecular weight is 445 g/mol. The van der Waals surface area contributed by atoms with E-state index in [1.807, 2.05) is 6.07 Å². The summed E-state index contributed by atoms with van der Waals surface area (Å²) in [6.07, 6.45) is 1.89. The average Bonchev–Trinajstić information content (AvgIpc) is 3.18. The second-order valence-electron chi connectivity index (χ2n) is 7.45. The number of aromatic nitrogens is 1. The van der Waals surface area contributed by atoms with Gasteiger partial charge in [0.05, 0.1) is 30.3 Å². The van der Waals surface area contributed by atoms with Gasteiger partial charge >= 0.3 is 0 Å². The van der Waals surface area contributed by atoms with Crippen molar-refractivity contribution in [2.45, 2.75) is 30.8 Å². The fourth-order valence-electron chi connectivity index (χ4n) is 3.92. The van der Waals surface area contributed by atoms with E-state index in [0.29, 0.717) is 43.2 Å². The molecule has 3 heterocycles. The molecule has 1 saturated heterocycles. The lowest BCUT2D eigenvalue weighted by molar-refractivity contribution is -0.125. The topological polar surface area (TPSA) is 109 Å². The van der Waals surface area contributed by atoms with Crippen molar-refractivity contribution in [2.24, 2.45) is 0 Å². The van der Waals surface area contributed by atoms with Crippen LogP contribution in [-0.4, -0.2) is 61.9 Å². The minimum atomic E-state index is -3.66. The smallest absolute Gasteiger partial charge is 0.243 e. The molecule has 9 nitrogen and oxygen atoms in total. The number of pyridine rings is 1. The van der Waals surface area contributed by atoms with Gasteiger partial charge in [-0.3, -0.25) is 19.5 Å². The SMILES string of the molecule is CC(=O)N1c2ccc(S(=O)(=O)N3CCOCC3)cc2C[C@@H]1C(=O)NCc1ccccn1.